The second kappa shape index (κ2) is 8.32. The minimum atomic E-state index is -4.54. The molecular weight excluding hydrogens is 417 g/mol. The molecule has 3 rings (SSSR count). The molecule has 0 aliphatic carbocycles. The van der Waals surface area contributed by atoms with Crippen LogP contribution in [0, 0.1) is 0 Å². The van der Waals surface area contributed by atoms with E-state index in [1.807, 2.05) is 0 Å². The lowest BCUT2D eigenvalue weighted by atomic mass is 10.0. The van der Waals surface area contributed by atoms with Gasteiger partial charge in [0.05, 0.1) is 16.3 Å². The zero-order valence-electron chi connectivity index (χ0n) is 14.8. The van der Waals surface area contributed by atoms with Gasteiger partial charge in [-0.25, -0.2) is 0 Å². The van der Waals surface area contributed by atoms with Gasteiger partial charge in [-0.15, -0.1) is 0 Å². The third kappa shape index (κ3) is 4.63. The van der Waals surface area contributed by atoms with Crippen molar-refractivity contribution < 1.29 is 27.6 Å². The highest BCUT2D eigenvalue weighted by Gasteiger charge is 2.38. The molecule has 1 aromatic carbocycles. The van der Waals surface area contributed by atoms with Crippen LogP contribution in [0.25, 0.3) is 0 Å². The summed E-state index contributed by atoms with van der Waals surface area (Å²) in [7, 11) is 0. The van der Waals surface area contributed by atoms with Crippen LogP contribution >= 0.6 is 23.4 Å². The number of aryl methyl sites for hydroxylation is 1. The van der Waals surface area contributed by atoms with Crippen molar-refractivity contribution >= 4 is 40.4 Å². The summed E-state index contributed by atoms with van der Waals surface area (Å²) in [6, 6.07) is 3.46. The van der Waals surface area contributed by atoms with E-state index in [2.05, 4.69) is 0 Å². The number of rotatable bonds is 4. The summed E-state index contributed by atoms with van der Waals surface area (Å²) in [5, 5.41) is -0.605. The van der Waals surface area contributed by atoms with Crippen molar-refractivity contribution in [1.29, 1.82) is 0 Å². The largest absolute Gasteiger partial charge is 0.417 e. The van der Waals surface area contributed by atoms with Gasteiger partial charge < -0.3 is 4.90 Å². The first-order valence-electron chi connectivity index (χ1n) is 8.79. The van der Waals surface area contributed by atoms with Crippen molar-refractivity contribution in [2.24, 2.45) is 0 Å². The topological polar surface area (TPSA) is 57.7 Å². The summed E-state index contributed by atoms with van der Waals surface area (Å²) in [6.07, 6.45) is -3.24. The van der Waals surface area contributed by atoms with Crippen LogP contribution < -0.4 is 0 Å². The highest BCUT2D eigenvalue weighted by molar-refractivity contribution is 8.14. The molecule has 2 fully saturated rings. The molecule has 0 unspecified atom stereocenters. The minimum Gasteiger partial charge on any atom is -0.343 e. The summed E-state index contributed by atoms with van der Waals surface area (Å²) in [4.78, 5) is 38.9. The van der Waals surface area contributed by atoms with Crippen molar-refractivity contribution in [1.82, 2.24) is 9.80 Å². The lowest BCUT2D eigenvalue weighted by Crippen LogP contribution is -2.48. The first-order valence-corrected chi connectivity index (χ1v) is 10.2. The molecule has 5 nitrogen and oxygen atoms in total. The molecule has 2 aliphatic rings. The van der Waals surface area contributed by atoms with Gasteiger partial charge in [-0.1, -0.05) is 29.4 Å². The number of likely N-dealkylation sites (tertiary alicyclic amines) is 1. The molecule has 152 valence electrons. The molecular formula is C18H18ClF3N2O3S. The van der Waals surface area contributed by atoms with Gasteiger partial charge in [0.15, 0.2) is 0 Å². The van der Waals surface area contributed by atoms with Gasteiger partial charge in [0, 0.05) is 25.6 Å². The number of hydrogen-bond donors (Lipinski definition) is 0. The Bertz CT molecular complexity index is 779. The van der Waals surface area contributed by atoms with Crippen LogP contribution in [0.2, 0.25) is 5.02 Å². The van der Waals surface area contributed by atoms with Gasteiger partial charge >= 0.3 is 6.18 Å². The minimum absolute atomic E-state index is 0.0843. The Morgan fingerprint density at radius 2 is 1.89 bits per heavy atom. The summed E-state index contributed by atoms with van der Waals surface area (Å²) in [5.41, 5.74) is -0.511. The number of thioether (sulfide) groups is 1. The Morgan fingerprint density at radius 1 is 1.21 bits per heavy atom. The fraction of sp³-hybridized carbons (Fsp3) is 0.500. The van der Waals surface area contributed by atoms with Gasteiger partial charge in [-0.2, -0.15) is 13.2 Å². The molecule has 0 saturated carbocycles. The number of nitrogens with zero attached hydrogens (tertiary/aromatic N) is 2. The van der Waals surface area contributed by atoms with Crippen LogP contribution in [0.5, 0.6) is 0 Å². The van der Waals surface area contributed by atoms with Crippen LogP contribution in [0.3, 0.4) is 0 Å². The van der Waals surface area contributed by atoms with E-state index >= 15 is 0 Å². The molecule has 0 N–H and O–H groups in total. The van der Waals surface area contributed by atoms with Crippen molar-refractivity contribution in [3.8, 4) is 0 Å². The van der Waals surface area contributed by atoms with Crippen LogP contribution in [0.1, 0.15) is 30.4 Å². The van der Waals surface area contributed by atoms with E-state index in [0.717, 1.165) is 17.8 Å². The molecule has 3 amide bonds. The lowest BCUT2D eigenvalue weighted by molar-refractivity contribution is -0.137. The molecule has 0 aromatic heterocycles. The molecule has 0 spiro atoms. The standard InChI is InChI=1S/C18H18ClF3N2O3S/c19-14-3-1-11(9-13(14)18(20,21)22)2-4-15(25)23-7-5-12(6-8-23)24-16(26)10-28-17(24)27/h1,3,9,12H,2,4-8,10H2. The smallest absolute Gasteiger partial charge is 0.343 e. The maximum absolute atomic E-state index is 12.9. The normalized spacial score (nSPS) is 18.9. The first-order chi connectivity index (χ1) is 13.2. The third-order valence-corrected chi connectivity index (χ3v) is 6.10. The number of halogens is 4. The van der Waals surface area contributed by atoms with E-state index in [0.29, 0.717) is 31.5 Å². The quantitative estimate of drug-likeness (QED) is 0.719. The molecule has 10 heteroatoms. The van der Waals surface area contributed by atoms with Crippen molar-refractivity contribution in [2.75, 3.05) is 18.8 Å². The number of hydrogen-bond acceptors (Lipinski definition) is 4. The van der Waals surface area contributed by atoms with Crippen LogP contribution in [-0.4, -0.2) is 51.7 Å². The zero-order chi connectivity index (χ0) is 20.5. The Labute approximate surface area is 169 Å². The monoisotopic (exact) mass is 434 g/mol. The first kappa shape index (κ1) is 21.0. The van der Waals surface area contributed by atoms with Gasteiger partial charge in [-0.05, 0) is 37.0 Å². The van der Waals surface area contributed by atoms with Crippen molar-refractivity contribution in [2.45, 2.75) is 37.9 Å². The van der Waals surface area contributed by atoms with Gasteiger partial charge in [-0.3, -0.25) is 19.3 Å². The predicted octanol–water partition coefficient (Wildman–Crippen LogP) is 3.98. The van der Waals surface area contributed by atoms with Crippen molar-refractivity contribution in [3.05, 3.63) is 34.3 Å². The van der Waals surface area contributed by atoms with E-state index in [1.54, 1.807) is 4.90 Å². The Morgan fingerprint density at radius 3 is 2.46 bits per heavy atom. The average Bonchev–Trinajstić information content (AvgIpc) is 2.98. The van der Waals surface area contributed by atoms with E-state index in [1.165, 1.54) is 17.0 Å². The third-order valence-electron chi connectivity index (χ3n) is 4.93. The Hall–Kier alpha value is -1.74. The summed E-state index contributed by atoms with van der Waals surface area (Å²) in [6.45, 7) is 0.833. The predicted molar refractivity (Wildman–Crippen MR) is 99.1 cm³/mol. The number of piperidine rings is 1. The highest BCUT2D eigenvalue weighted by atomic mass is 35.5. The van der Waals surface area contributed by atoms with Crippen LogP contribution in [0.15, 0.2) is 18.2 Å². The SMILES string of the molecule is O=C(CCc1ccc(Cl)c(C(F)(F)F)c1)N1CCC(N2C(=O)CSC2=O)CC1. The molecule has 2 aliphatic heterocycles. The second-order valence-electron chi connectivity index (χ2n) is 6.74. The number of carbonyl (C=O) groups is 3. The van der Waals surface area contributed by atoms with E-state index in [-0.39, 0.29) is 46.7 Å². The fourth-order valence-corrected chi connectivity index (χ4v) is 4.45. The molecule has 0 atom stereocenters. The molecule has 0 radical (unpaired) electrons. The van der Waals surface area contributed by atoms with Crippen LogP contribution in [0.4, 0.5) is 18.0 Å². The molecule has 28 heavy (non-hydrogen) atoms. The maximum Gasteiger partial charge on any atom is 0.417 e. The number of carbonyl (C=O) groups excluding carboxylic acids is 3. The number of imide groups is 1. The summed E-state index contributed by atoms with van der Waals surface area (Å²) >= 11 is 6.60. The van der Waals surface area contributed by atoms with E-state index in [4.69, 9.17) is 11.6 Å². The summed E-state index contributed by atoms with van der Waals surface area (Å²) < 4.78 is 38.8. The lowest BCUT2D eigenvalue weighted by Gasteiger charge is -2.35. The fourth-order valence-electron chi connectivity index (χ4n) is 3.45. The molecule has 2 saturated heterocycles. The number of benzene rings is 1. The molecule has 0 bridgehead atoms. The Kier molecular flexibility index (Phi) is 6.24. The number of alkyl halides is 3. The number of amides is 3. The van der Waals surface area contributed by atoms with Crippen LogP contribution in [-0.2, 0) is 22.2 Å². The average molecular weight is 435 g/mol. The maximum atomic E-state index is 12.9. The van der Waals surface area contributed by atoms with E-state index in [9.17, 15) is 27.6 Å². The van der Waals surface area contributed by atoms with E-state index < -0.39 is 11.7 Å². The van der Waals surface area contributed by atoms with Gasteiger partial charge in [0.2, 0.25) is 11.8 Å². The van der Waals surface area contributed by atoms with Gasteiger partial charge in [0.25, 0.3) is 5.24 Å². The Balaban J connectivity index is 1.53. The van der Waals surface area contributed by atoms with Crippen molar-refractivity contribution in [3.63, 3.8) is 0 Å². The molecule has 1 aromatic rings. The zero-order valence-corrected chi connectivity index (χ0v) is 16.4. The highest BCUT2D eigenvalue weighted by Crippen LogP contribution is 2.35. The second-order valence-corrected chi connectivity index (χ2v) is 8.08. The summed E-state index contributed by atoms with van der Waals surface area (Å²) in [5.74, 6) is -0.183. The van der Waals surface area contributed by atoms with Gasteiger partial charge in [0.1, 0.15) is 0 Å². The molecule has 2 heterocycles.